The molecule has 0 saturated carbocycles. The second-order valence-corrected chi connectivity index (χ2v) is 5.10. The van der Waals surface area contributed by atoms with Crippen LogP contribution in [0.25, 0.3) is 0 Å². The van der Waals surface area contributed by atoms with Gasteiger partial charge >= 0.3 is 0 Å². The highest BCUT2D eigenvalue weighted by Gasteiger charge is 2.22. The highest BCUT2D eigenvalue weighted by Crippen LogP contribution is 2.32. The summed E-state index contributed by atoms with van der Waals surface area (Å²) in [6.45, 7) is 5.22. The number of aliphatic hydroxyl groups excluding tert-OH is 1. The van der Waals surface area contributed by atoms with Gasteiger partial charge in [0.2, 0.25) is 0 Å². The molecule has 1 aromatic carbocycles. The average Bonchev–Trinajstić information content (AvgIpc) is 2.48. The zero-order chi connectivity index (χ0) is 13.9. The summed E-state index contributed by atoms with van der Waals surface area (Å²) >= 11 is 0. The third kappa shape index (κ3) is 2.71. The number of β-amino-alcohol motifs (C(OH)–C–C–N with tert-alkyl or cyclic N) is 1. The van der Waals surface area contributed by atoms with E-state index in [0.29, 0.717) is 12.3 Å². The molecule has 2 heterocycles. The van der Waals surface area contributed by atoms with E-state index in [2.05, 4.69) is 14.8 Å². The number of nitrogens with zero attached hydrogens (tertiary/aromatic N) is 3. The van der Waals surface area contributed by atoms with Gasteiger partial charge in [0.25, 0.3) is 0 Å². The van der Waals surface area contributed by atoms with Crippen LogP contribution in [0.5, 0.6) is 5.75 Å². The summed E-state index contributed by atoms with van der Waals surface area (Å²) in [6.07, 6.45) is 0. The Bertz CT molecular complexity index is 510. The van der Waals surface area contributed by atoms with Gasteiger partial charge in [0.05, 0.1) is 6.61 Å². The number of nitrogen functional groups attached to an aromatic ring is 1. The Morgan fingerprint density at radius 3 is 2.80 bits per heavy atom. The molecule has 0 atom stereocenters. The largest absolute Gasteiger partial charge is 0.483 e. The van der Waals surface area contributed by atoms with Gasteiger partial charge < -0.3 is 20.5 Å². The van der Waals surface area contributed by atoms with Crippen molar-refractivity contribution in [2.75, 3.05) is 51.7 Å². The molecule has 20 heavy (non-hydrogen) atoms. The van der Waals surface area contributed by atoms with Crippen molar-refractivity contribution in [2.24, 2.45) is 4.99 Å². The standard InChI is InChI=1S/C14H20N4O2/c15-11-1-2-12-13(9-11)20-10-14(16-12)18-5-3-17(4-6-18)7-8-19/h1-2,9,19H,3-8,10,15H2. The third-order valence-electron chi connectivity index (χ3n) is 3.74. The summed E-state index contributed by atoms with van der Waals surface area (Å²) in [6, 6.07) is 5.55. The predicted octanol–water partition coefficient (Wildman–Crippen LogP) is 0.301. The van der Waals surface area contributed by atoms with Crippen molar-refractivity contribution >= 4 is 17.2 Å². The van der Waals surface area contributed by atoms with E-state index < -0.39 is 0 Å². The van der Waals surface area contributed by atoms with Gasteiger partial charge in [0, 0.05) is 44.5 Å². The van der Waals surface area contributed by atoms with Gasteiger partial charge in [-0.1, -0.05) is 0 Å². The molecule has 0 spiro atoms. The van der Waals surface area contributed by atoms with Crippen molar-refractivity contribution < 1.29 is 9.84 Å². The van der Waals surface area contributed by atoms with Gasteiger partial charge in [-0.3, -0.25) is 4.90 Å². The Morgan fingerprint density at radius 2 is 2.05 bits per heavy atom. The van der Waals surface area contributed by atoms with Gasteiger partial charge in [0.1, 0.15) is 23.9 Å². The van der Waals surface area contributed by atoms with Crippen LogP contribution in [0.3, 0.4) is 0 Å². The highest BCUT2D eigenvalue weighted by molar-refractivity contribution is 5.89. The molecule has 2 aliphatic heterocycles. The van der Waals surface area contributed by atoms with Gasteiger partial charge in [-0.15, -0.1) is 0 Å². The van der Waals surface area contributed by atoms with E-state index in [-0.39, 0.29) is 6.61 Å². The zero-order valence-electron chi connectivity index (χ0n) is 11.5. The number of ether oxygens (including phenoxy) is 1. The molecule has 0 aromatic heterocycles. The molecule has 108 valence electrons. The number of piperazine rings is 1. The number of benzene rings is 1. The van der Waals surface area contributed by atoms with Crippen LogP contribution >= 0.6 is 0 Å². The molecule has 2 aliphatic rings. The van der Waals surface area contributed by atoms with E-state index in [9.17, 15) is 0 Å². The Kier molecular flexibility index (Phi) is 3.75. The van der Waals surface area contributed by atoms with Crippen molar-refractivity contribution in [3.8, 4) is 5.75 Å². The molecule has 1 saturated heterocycles. The number of aliphatic imine (C=N–C) groups is 1. The minimum Gasteiger partial charge on any atom is -0.483 e. The van der Waals surface area contributed by atoms with Crippen LogP contribution in [0.1, 0.15) is 0 Å². The molecule has 3 rings (SSSR count). The molecule has 6 nitrogen and oxygen atoms in total. The number of fused-ring (bicyclic) bond motifs is 1. The minimum absolute atomic E-state index is 0.221. The summed E-state index contributed by atoms with van der Waals surface area (Å²) < 4.78 is 5.74. The molecule has 0 bridgehead atoms. The number of aliphatic hydroxyl groups is 1. The number of amidine groups is 1. The fourth-order valence-electron chi connectivity index (χ4n) is 2.59. The molecular formula is C14H20N4O2. The van der Waals surface area contributed by atoms with E-state index in [4.69, 9.17) is 15.6 Å². The first-order valence-electron chi connectivity index (χ1n) is 6.94. The number of rotatable bonds is 2. The molecule has 0 radical (unpaired) electrons. The van der Waals surface area contributed by atoms with E-state index in [1.807, 2.05) is 18.2 Å². The maximum absolute atomic E-state index is 8.96. The molecule has 0 aliphatic carbocycles. The second kappa shape index (κ2) is 5.68. The maximum atomic E-state index is 8.96. The zero-order valence-corrected chi connectivity index (χ0v) is 11.5. The van der Waals surface area contributed by atoms with E-state index in [0.717, 1.165) is 50.0 Å². The van der Waals surface area contributed by atoms with E-state index in [1.165, 1.54) is 0 Å². The van der Waals surface area contributed by atoms with Crippen molar-refractivity contribution in [3.63, 3.8) is 0 Å². The van der Waals surface area contributed by atoms with Crippen LogP contribution in [0.4, 0.5) is 11.4 Å². The van der Waals surface area contributed by atoms with Crippen LogP contribution in [0.2, 0.25) is 0 Å². The van der Waals surface area contributed by atoms with Crippen LogP contribution in [-0.2, 0) is 0 Å². The van der Waals surface area contributed by atoms with Gasteiger partial charge in [-0.05, 0) is 12.1 Å². The fraction of sp³-hybridized carbons (Fsp3) is 0.500. The Morgan fingerprint density at radius 1 is 1.25 bits per heavy atom. The van der Waals surface area contributed by atoms with Crippen LogP contribution in [0.15, 0.2) is 23.2 Å². The molecular weight excluding hydrogens is 256 g/mol. The van der Waals surface area contributed by atoms with Crippen LogP contribution < -0.4 is 10.5 Å². The first kappa shape index (κ1) is 13.2. The van der Waals surface area contributed by atoms with E-state index >= 15 is 0 Å². The summed E-state index contributed by atoms with van der Waals surface area (Å²) in [5, 5.41) is 8.96. The topological polar surface area (TPSA) is 74.3 Å². The average molecular weight is 276 g/mol. The molecule has 0 unspecified atom stereocenters. The summed E-state index contributed by atoms with van der Waals surface area (Å²) in [5.74, 6) is 1.73. The quantitative estimate of drug-likeness (QED) is 0.760. The Balaban J connectivity index is 1.69. The lowest BCUT2D eigenvalue weighted by Crippen LogP contribution is -2.50. The summed E-state index contributed by atoms with van der Waals surface area (Å²) in [4.78, 5) is 9.19. The van der Waals surface area contributed by atoms with Crippen molar-refractivity contribution in [1.29, 1.82) is 0 Å². The predicted molar refractivity (Wildman–Crippen MR) is 78.5 cm³/mol. The van der Waals surface area contributed by atoms with Gasteiger partial charge in [-0.25, -0.2) is 4.99 Å². The number of anilines is 1. The first-order valence-corrected chi connectivity index (χ1v) is 6.94. The van der Waals surface area contributed by atoms with Crippen molar-refractivity contribution in [1.82, 2.24) is 9.80 Å². The Labute approximate surface area is 118 Å². The fourth-order valence-corrected chi connectivity index (χ4v) is 2.59. The smallest absolute Gasteiger partial charge is 0.147 e. The lowest BCUT2D eigenvalue weighted by atomic mass is 10.2. The number of hydrogen-bond acceptors (Lipinski definition) is 6. The van der Waals surface area contributed by atoms with Gasteiger partial charge in [0.15, 0.2) is 0 Å². The molecule has 0 amide bonds. The Hall–Kier alpha value is -1.79. The first-order chi connectivity index (χ1) is 9.76. The maximum Gasteiger partial charge on any atom is 0.147 e. The molecule has 1 fully saturated rings. The van der Waals surface area contributed by atoms with Gasteiger partial charge in [-0.2, -0.15) is 0 Å². The third-order valence-corrected chi connectivity index (χ3v) is 3.74. The SMILES string of the molecule is Nc1ccc2c(c1)OCC(N1CCN(CCO)CC1)=N2. The molecule has 1 aromatic rings. The second-order valence-electron chi connectivity index (χ2n) is 5.10. The lowest BCUT2D eigenvalue weighted by Gasteiger charge is -2.37. The van der Waals surface area contributed by atoms with E-state index in [1.54, 1.807) is 0 Å². The van der Waals surface area contributed by atoms with Crippen molar-refractivity contribution in [3.05, 3.63) is 18.2 Å². The summed E-state index contributed by atoms with van der Waals surface area (Å²) in [7, 11) is 0. The number of hydrogen-bond donors (Lipinski definition) is 2. The summed E-state index contributed by atoms with van der Waals surface area (Å²) in [5.41, 5.74) is 7.28. The highest BCUT2D eigenvalue weighted by atomic mass is 16.5. The monoisotopic (exact) mass is 276 g/mol. The van der Waals surface area contributed by atoms with Crippen molar-refractivity contribution in [2.45, 2.75) is 0 Å². The number of nitrogens with two attached hydrogens (primary N) is 1. The molecule has 3 N–H and O–H groups in total. The normalized spacial score (nSPS) is 19.2. The van der Waals surface area contributed by atoms with Crippen LogP contribution in [-0.4, -0.2) is 66.7 Å². The lowest BCUT2D eigenvalue weighted by molar-refractivity contribution is 0.144. The molecule has 6 heteroatoms. The van der Waals surface area contributed by atoms with Crippen LogP contribution in [0, 0.1) is 0 Å². The minimum atomic E-state index is 0.221.